The Morgan fingerprint density at radius 1 is 0.973 bits per heavy atom. The number of imidazole rings is 1. The van der Waals surface area contributed by atoms with Crippen molar-refractivity contribution in [3.8, 4) is 0 Å². The Bertz CT molecular complexity index is 1210. The molecule has 6 unspecified atom stereocenters. The van der Waals surface area contributed by atoms with Crippen molar-refractivity contribution in [2.45, 2.75) is 84.2 Å². The van der Waals surface area contributed by atoms with Crippen molar-refractivity contribution in [2.24, 2.45) is 28.6 Å². The van der Waals surface area contributed by atoms with Gasteiger partial charge in [0, 0.05) is 11.5 Å². The number of allylic oxidation sites excluding steroid dienone is 10. The fourth-order valence-corrected chi connectivity index (χ4v) is 7.00. The van der Waals surface area contributed by atoms with Gasteiger partial charge in [-0.1, -0.05) is 112 Å². The summed E-state index contributed by atoms with van der Waals surface area (Å²) in [6, 6.07) is 0.101. The highest BCUT2D eigenvalue weighted by Gasteiger charge is 2.43. The average Bonchev–Trinajstić information content (AvgIpc) is 3.24. The van der Waals surface area contributed by atoms with Crippen molar-refractivity contribution in [1.82, 2.24) is 9.55 Å². The summed E-state index contributed by atoms with van der Waals surface area (Å²) in [7, 11) is 0. The van der Waals surface area contributed by atoms with Gasteiger partial charge in [0.05, 0.1) is 28.4 Å². The molecule has 0 aliphatic heterocycles. The van der Waals surface area contributed by atoms with Crippen LogP contribution in [0.15, 0.2) is 60.3 Å². The molecule has 1 heterocycles. The van der Waals surface area contributed by atoms with Gasteiger partial charge in [0.1, 0.15) is 5.82 Å². The minimum absolute atomic E-state index is 0.00888. The molecule has 0 radical (unpaired) electrons. The molecule has 0 fully saturated rings. The van der Waals surface area contributed by atoms with Crippen molar-refractivity contribution >= 4 is 27.6 Å². The molecule has 4 heteroatoms. The molecule has 37 heavy (non-hydrogen) atoms. The molecule has 1 N–H and O–H groups in total. The number of halogens is 1. The van der Waals surface area contributed by atoms with Crippen molar-refractivity contribution < 1.29 is 5.11 Å². The topological polar surface area (TPSA) is 38.0 Å². The zero-order valence-corrected chi connectivity index (χ0v) is 24.9. The number of nitrogens with zero attached hydrogens (tertiary/aromatic N) is 2. The lowest BCUT2D eigenvalue weighted by molar-refractivity contribution is 0.0449. The zero-order valence-electron chi connectivity index (χ0n) is 23.3. The Hall–Kier alpha value is -1.91. The Kier molecular flexibility index (Phi) is 7.21. The number of hydrogen-bond donors (Lipinski definition) is 1. The molecule has 1 aromatic heterocycles. The number of aliphatic hydroxyl groups is 1. The molecule has 4 aliphatic rings. The minimum Gasteiger partial charge on any atom is -0.388 e. The standard InChI is InChI=1S/C33H43BrN2O/c1-32(2,3)22-19-24(30(37)25(20-22)33(4,5)6)31-35-29-26(34)16-12-18-28(29)36(31)27-17-11-10-15-23(27)21-13-8-7-9-14-21/h8,10-15,17-19,22-23,25-27,30,37H,7,9,16,20H2,1-6H3. The van der Waals surface area contributed by atoms with Crippen LogP contribution < -0.4 is 0 Å². The molecule has 0 amide bonds. The van der Waals surface area contributed by atoms with E-state index in [-0.39, 0.29) is 33.5 Å². The largest absolute Gasteiger partial charge is 0.388 e. The molecule has 0 spiro atoms. The van der Waals surface area contributed by atoms with Crippen LogP contribution in [-0.4, -0.2) is 20.8 Å². The third kappa shape index (κ3) is 5.08. The van der Waals surface area contributed by atoms with Gasteiger partial charge in [0.25, 0.3) is 0 Å². The van der Waals surface area contributed by atoms with Gasteiger partial charge >= 0.3 is 0 Å². The van der Waals surface area contributed by atoms with Crippen LogP contribution in [0.25, 0.3) is 11.6 Å². The highest BCUT2D eigenvalue weighted by molar-refractivity contribution is 9.09. The maximum absolute atomic E-state index is 12.0. The van der Waals surface area contributed by atoms with Crippen LogP contribution in [0.2, 0.25) is 0 Å². The van der Waals surface area contributed by atoms with Gasteiger partial charge in [0.2, 0.25) is 0 Å². The van der Waals surface area contributed by atoms with Crippen LogP contribution in [0.5, 0.6) is 0 Å². The normalized spacial score (nSPS) is 31.8. The van der Waals surface area contributed by atoms with E-state index in [0.29, 0.717) is 5.92 Å². The Balaban J connectivity index is 1.71. The van der Waals surface area contributed by atoms with Crippen LogP contribution in [0, 0.1) is 28.6 Å². The second kappa shape index (κ2) is 10.0. The minimum atomic E-state index is -0.547. The molecule has 3 nitrogen and oxygen atoms in total. The average molecular weight is 564 g/mol. The molecule has 1 aromatic rings. The third-order valence-electron chi connectivity index (χ3n) is 8.78. The summed E-state index contributed by atoms with van der Waals surface area (Å²) >= 11 is 3.91. The lowest BCUT2D eigenvalue weighted by atomic mass is 9.63. The monoisotopic (exact) mass is 562 g/mol. The quantitative estimate of drug-likeness (QED) is 0.374. The fraction of sp³-hybridized carbons (Fsp3) is 0.545. The van der Waals surface area contributed by atoms with Crippen LogP contribution in [0.4, 0.5) is 0 Å². The predicted molar refractivity (Wildman–Crippen MR) is 159 cm³/mol. The summed E-state index contributed by atoms with van der Waals surface area (Å²) in [6.07, 6.45) is 26.4. The van der Waals surface area contributed by atoms with E-state index in [9.17, 15) is 5.11 Å². The van der Waals surface area contributed by atoms with Crippen molar-refractivity contribution in [3.05, 3.63) is 77.5 Å². The summed E-state index contributed by atoms with van der Waals surface area (Å²) in [5.74, 6) is 1.71. The van der Waals surface area contributed by atoms with Crippen molar-refractivity contribution in [1.29, 1.82) is 0 Å². The zero-order chi connectivity index (χ0) is 26.5. The Morgan fingerprint density at radius 3 is 2.41 bits per heavy atom. The lowest BCUT2D eigenvalue weighted by Gasteiger charge is -2.44. The van der Waals surface area contributed by atoms with Gasteiger partial charge in [-0.25, -0.2) is 4.98 Å². The maximum atomic E-state index is 12.0. The first-order chi connectivity index (χ1) is 17.5. The molecule has 5 rings (SSSR count). The first kappa shape index (κ1) is 26.7. The summed E-state index contributed by atoms with van der Waals surface area (Å²) in [6.45, 7) is 13.8. The van der Waals surface area contributed by atoms with Crippen LogP contribution in [0.1, 0.15) is 95.3 Å². The van der Waals surface area contributed by atoms with E-state index in [0.717, 1.165) is 48.5 Å². The molecular formula is C33H43BrN2O. The molecule has 0 saturated carbocycles. The SMILES string of the molecule is CC(C)(C)C1C=C(c2nc3c(n2C2C=CC=CC2C2=CCCC=C2)C=CCC3Br)C(O)C(C(C)(C)C)C1. The Labute approximate surface area is 232 Å². The van der Waals surface area contributed by atoms with Gasteiger partial charge in [0.15, 0.2) is 0 Å². The van der Waals surface area contributed by atoms with Crippen molar-refractivity contribution in [2.75, 3.05) is 0 Å². The predicted octanol–water partition coefficient (Wildman–Crippen LogP) is 8.77. The van der Waals surface area contributed by atoms with Crippen LogP contribution in [0.3, 0.4) is 0 Å². The van der Waals surface area contributed by atoms with Gasteiger partial charge < -0.3 is 9.67 Å². The first-order valence-corrected chi connectivity index (χ1v) is 14.9. The highest BCUT2D eigenvalue weighted by Crippen LogP contribution is 2.49. The van der Waals surface area contributed by atoms with E-state index in [2.05, 4.69) is 123 Å². The summed E-state index contributed by atoms with van der Waals surface area (Å²) in [4.78, 5) is 5.52. The number of fused-ring (bicyclic) bond motifs is 1. The van der Waals surface area contributed by atoms with Gasteiger partial charge in [-0.3, -0.25) is 0 Å². The second-order valence-corrected chi connectivity index (χ2v) is 14.5. The van der Waals surface area contributed by atoms with Gasteiger partial charge in [-0.15, -0.1) is 0 Å². The molecule has 6 atom stereocenters. The third-order valence-corrected chi connectivity index (χ3v) is 9.58. The lowest BCUT2D eigenvalue weighted by Crippen LogP contribution is -2.40. The van der Waals surface area contributed by atoms with Gasteiger partial charge in [-0.05, 0) is 60.0 Å². The second-order valence-electron chi connectivity index (χ2n) is 13.4. The Morgan fingerprint density at radius 2 is 1.73 bits per heavy atom. The summed E-state index contributed by atoms with van der Waals surface area (Å²) < 4.78 is 2.44. The summed E-state index contributed by atoms with van der Waals surface area (Å²) in [5.41, 5.74) is 4.73. The molecule has 198 valence electrons. The van der Waals surface area contributed by atoms with Crippen molar-refractivity contribution in [3.63, 3.8) is 0 Å². The van der Waals surface area contributed by atoms with E-state index in [1.165, 1.54) is 5.57 Å². The number of hydrogen-bond acceptors (Lipinski definition) is 2. The first-order valence-electron chi connectivity index (χ1n) is 14.0. The highest BCUT2D eigenvalue weighted by atomic mass is 79.9. The number of rotatable bonds is 3. The number of aliphatic hydroxyl groups excluding tert-OH is 1. The molecule has 0 bridgehead atoms. The van der Waals surface area contributed by atoms with Crippen LogP contribution >= 0.6 is 15.9 Å². The summed E-state index contributed by atoms with van der Waals surface area (Å²) in [5, 5.41) is 12.0. The molecular weight excluding hydrogens is 520 g/mol. The van der Waals surface area contributed by atoms with E-state index in [4.69, 9.17) is 4.98 Å². The van der Waals surface area contributed by atoms with E-state index >= 15 is 0 Å². The van der Waals surface area contributed by atoms with Crippen LogP contribution in [-0.2, 0) is 0 Å². The molecule has 4 aliphatic carbocycles. The van der Waals surface area contributed by atoms with E-state index in [1.807, 2.05) is 0 Å². The number of aromatic nitrogens is 2. The van der Waals surface area contributed by atoms with Gasteiger partial charge in [-0.2, -0.15) is 0 Å². The fourth-order valence-electron chi connectivity index (χ4n) is 6.45. The molecule has 0 aromatic carbocycles. The maximum Gasteiger partial charge on any atom is 0.139 e. The molecule has 0 saturated heterocycles. The van der Waals surface area contributed by atoms with E-state index < -0.39 is 6.10 Å². The number of alkyl halides is 1. The van der Waals surface area contributed by atoms with E-state index in [1.54, 1.807) is 0 Å². The smallest absolute Gasteiger partial charge is 0.139 e.